The van der Waals surface area contributed by atoms with Crippen LogP contribution in [-0.2, 0) is 17.8 Å². The van der Waals surface area contributed by atoms with E-state index >= 15 is 0 Å². The van der Waals surface area contributed by atoms with Gasteiger partial charge >= 0.3 is 6.03 Å². The molecule has 0 spiro atoms. The Morgan fingerprint density at radius 3 is 2.56 bits per heavy atom. The lowest BCUT2D eigenvalue weighted by Gasteiger charge is -2.26. The molecule has 2 amide bonds. The predicted octanol–water partition coefficient (Wildman–Crippen LogP) is 2.85. The van der Waals surface area contributed by atoms with Gasteiger partial charge in [-0.15, -0.1) is 0 Å². The van der Waals surface area contributed by atoms with Crippen molar-refractivity contribution in [1.82, 2.24) is 15.1 Å². The molecule has 5 heteroatoms. The minimum atomic E-state index is 0.0755. The van der Waals surface area contributed by atoms with Gasteiger partial charge in [-0.25, -0.2) is 4.79 Å². The van der Waals surface area contributed by atoms with Crippen LogP contribution >= 0.6 is 0 Å². The summed E-state index contributed by atoms with van der Waals surface area (Å²) in [6, 6.07) is 8.67. The van der Waals surface area contributed by atoms with E-state index in [0.717, 1.165) is 70.3 Å². The molecule has 138 valence electrons. The number of rotatable bonds is 4. The van der Waals surface area contributed by atoms with E-state index in [1.54, 1.807) is 0 Å². The number of carbonyl (C=O) groups excluding carboxylic acids is 1. The Kier molecular flexibility index (Phi) is 6.70. The van der Waals surface area contributed by atoms with Crippen molar-refractivity contribution in [3.8, 4) is 0 Å². The highest BCUT2D eigenvalue weighted by Crippen LogP contribution is 2.16. The maximum atomic E-state index is 12.4. The van der Waals surface area contributed by atoms with Gasteiger partial charge in [-0.2, -0.15) is 0 Å². The standard InChI is InChI=1S/C20H31N3O2/c1-17-3-2-9-23(10-8-17)20(24)21-15-18-4-6-19(7-5-18)16-22-11-13-25-14-12-22/h4-7,17H,2-3,8-16H2,1H3,(H,21,24). The van der Waals surface area contributed by atoms with Gasteiger partial charge in [-0.3, -0.25) is 4.90 Å². The minimum absolute atomic E-state index is 0.0755. The zero-order chi connectivity index (χ0) is 17.5. The van der Waals surface area contributed by atoms with Gasteiger partial charge in [0.1, 0.15) is 0 Å². The molecule has 3 rings (SSSR count). The van der Waals surface area contributed by atoms with Crippen LogP contribution in [0.3, 0.4) is 0 Å². The van der Waals surface area contributed by atoms with Gasteiger partial charge in [0.05, 0.1) is 13.2 Å². The Bertz CT molecular complexity index is 540. The summed E-state index contributed by atoms with van der Waals surface area (Å²) in [4.78, 5) is 16.7. The predicted molar refractivity (Wildman–Crippen MR) is 99.4 cm³/mol. The minimum Gasteiger partial charge on any atom is -0.379 e. The molecule has 0 bridgehead atoms. The van der Waals surface area contributed by atoms with Gasteiger partial charge in [0.2, 0.25) is 0 Å². The molecule has 0 aromatic heterocycles. The number of hydrogen-bond donors (Lipinski definition) is 1. The second-order valence-corrected chi connectivity index (χ2v) is 7.39. The zero-order valence-electron chi connectivity index (χ0n) is 15.4. The highest BCUT2D eigenvalue weighted by molar-refractivity contribution is 5.74. The number of hydrogen-bond acceptors (Lipinski definition) is 3. The maximum Gasteiger partial charge on any atom is 0.317 e. The van der Waals surface area contributed by atoms with Gasteiger partial charge in [0.15, 0.2) is 0 Å². The molecular formula is C20H31N3O2. The van der Waals surface area contributed by atoms with Crippen LogP contribution in [0.15, 0.2) is 24.3 Å². The van der Waals surface area contributed by atoms with Gasteiger partial charge < -0.3 is 15.0 Å². The first-order valence-electron chi connectivity index (χ1n) is 9.61. The lowest BCUT2D eigenvalue weighted by atomic mass is 10.0. The van der Waals surface area contributed by atoms with Crippen molar-refractivity contribution in [3.05, 3.63) is 35.4 Å². The fourth-order valence-corrected chi connectivity index (χ4v) is 3.54. The van der Waals surface area contributed by atoms with E-state index in [-0.39, 0.29) is 6.03 Å². The third-order valence-corrected chi connectivity index (χ3v) is 5.28. The first-order chi connectivity index (χ1) is 12.2. The number of ether oxygens (including phenoxy) is 1. The number of amides is 2. The van der Waals surface area contributed by atoms with Crippen molar-refractivity contribution in [2.24, 2.45) is 5.92 Å². The van der Waals surface area contributed by atoms with Crippen molar-refractivity contribution >= 4 is 6.03 Å². The molecule has 0 radical (unpaired) electrons. The number of benzene rings is 1. The third kappa shape index (κ3) is 5.72. The zero-order valence-corrected chi connectivity index (χ0v) is 15.4. The molecule has 1 N–H and O–H groups in total. The smallest absolute Gasteiger partial charge is 0.317 e. The first kappa shape index (κ1) is 18.2. The number of urea groups is 1. The molecule has 2 fully saturated rings. The number of morpholine rings is 1. The molecule has 0 aliphatic carbocycles. The summed E-state index contributed by atoms with van der Waals surface area (Å²) in [6.07, 6.45) is 3.46. The monoisotopic (exact) mass is 345 g/mol. The molecule has 5 nitrogen and oxygen atoms in total. The highest BCUT2D eigenvalue weighted by Gasteiger charge is 2.18. The molecule has 2 aliphatic heterocycles. The van der Waals surface area contributed by atoms with Crippen LogP contribution in [0.4, 0.5) is 4.79 Å². The molecule has 2 aliphatic rings. The average Bonchev–Trinajstić information content (AvgIpc) is 2.86. The van der Waals surface area contributed by atoms with Gasteiger partial charge in [-0.1, -0.05) is 31.2 Å². The van der Waals surface area contributed by atoms with Crippen LogP contribution in [0.1, 0.15) is 37.3 Å². The average molecular weight is 345 g/mol. The fraction of sp³-hybridized carbons (Fsp3) is 0.650. The Labute approximate surface area is 151 Å². The van der Waals surface area contributed by atoms with E-state index < -0.39 is 0 Å². The molecule has 2 saturated heterocycles. The van der Waals surface area contributed by atoms with E-state index in [9.17, 15) is 4.79 Å². The first-order valence-corrected chi connectivity index (χ1v) is 9.61. The van der Waals surface area contributed by atoms with E-state index in [0.29, 0.717) is 6.54 Å². The molecule has 1 aromatic rings. The van der Waals surface area contributed by atoms with Crippen molar-refractivity contribution < 1.29 is 9.53 Å². The summed E-state index contributed by atoms with van der Waals surface area (Å²) in [5.41, 5.74) is 2.47. The summed E-state index contributed by atoms with van der Waals surface area (Å²) >= 11 is 0. The van der Waals surface area contributed by atoms with E-state index in [1.807, 2.05) is 4.90 Å². The molecule has 2 heterocycles. The Morgan fingerprint density at radius 1 is 1.08 bits per heavy atom. The summed E-state index contributed by atoms with van der Waals surface area (Å²) in [7, 11) is 0. The molecule has 1 atom stereocenters. The summed E-state index contributed by atoms with van der Waals surface area (Å²) < 4.78 is 5.39. The molecule has 0 saturated carbocycles. The van der Waals surface area contributed by atoms with Crippen LogP contribution < -0.4 is 5.32 Å². The lowest BCUT2D eigenvalue weighted by molar-refractivity contribution is 0.0342. The molecule has 1 unspecified atom stereocenters. The molecular weight excluding hydrogens is 314 g/mol. The molecule has 25 heavy (non-hydrogen) atoms. The Morgan fingerprint density at radius 2 is 1.80 bits per heavy atom. The van der Waals surface area contributed by atoms with Crippen LogP contribution in [-0.4, -0.2) is 55.2 Å². The largest absolute Gasteiger partial charge is 0.379 e. The number of nitrogens with zero attached hydrogens (tertiary/aromatic N) is 2. The van der Waals surface area contributed by atoms with Gasteiger partial charge in [-0.05, 0) is 36.3 Å². The second kappa shape index (κ2) is 9.20. The van der Waals surface area contributed by atoms with Gasteiger partial charge in [0, 0.05) is 39.3 Å². The topological polar surface area (TPSA) is 44.8 Å². The van der Waals surface area contributed by atoms with E-state index in [2.05, 4.69) is 41.4 Å². The Hall–Kier alpha value is -1.59. The van der Waals surface area contributed by atoms with Crippen molar-refractivity contribution in [2.45, 2.75) is 39.3 Å². The van der Waals surface area contributed by atoms with Crippen molar-refractivity contribution in [1.29, 1.82) is 0 Å². The maximum absolute atomic E-state index is 12.4. The SMILES string of the molecule is CC1CCCN(C(=O)NCc2ccc(CN3CCOCC3)cc2)CC1. The highest BCUT2D eigenvalue weighted by atomic mass is 16.5. The number of carbonyl (C=O) groups is 1. The summed E-state index contributed by atoms with van der Waals surface area (Å²) in [5, 5.41) is 3.07. The van der Waals surface area contributed by atoms with E-state index in [1.165, 1.54) is 12.0 Å². The van der Waals surface area contributed by atoms with Crippen LogP contribution in [0.2, 0.25) is 0 Å². The van der Waals surface area contributed by atoms with E-state index in [4.69, 9.17) is 4.74 Å². The number of likely N-dealkylation sites (tertiary alicyclic amines) is 1. The quantitative estimate of drug-likeness (QED) is 0.913. The van der Waals surface area contributed by atoms with Crippen LogP contribution in [0.5, 0.6) is 0 Å². The lowest BCUT2D eigenvalue weighted by Crippen LogP contribution is -2.40. The van der Waals surface area contributed by atoms with Crippen LogP contribution in [0, 0.1) is 5.92 Å². The Balaban J connectivity index is 1.44. The number of nitrogens with one attached hydrogen (secondary N) is 1. The molecule has 1 aromatic carbocycles. The van der Waals surface area contributed by atoms with Crippen molar-refractivity contribution in [2.75, 3.05) is 39.4 Å². The van der Waals surface area contributed by atoms with Gasteiger partial charge in [0.25, 0.3) is 0 Å². The summed E-state index contributed by atoms with van der Waals surface area (Å²) in [5.74, 6) is 0.733. The van der Waals surface area contributed by atoms with Crippen molar-refractivity contribution in [3.63, 3.8) is 0 Å². The fourth-order valence-electron chi connectivity index (χ4n) is 3.54. The second-order valence-electron chi connectivity index (χ2n) is 7.39. The summed E-state index contributed by atoms with van der Waals surface area (Å²) in [6.45, 7) is 9.29. The normalized spacial score (nSPS) is 22.4. The van der Waals surface area contributed by atoms with Crippen LogP contribution in [0.25, 0.3) is 0 Å². The third-order valence-electron chi connectivity index (χ3n) is 5.28.